The molecule has 0 aromatic heterocycles. The first-order valence-electron chi connectivity index (χ1n) is 14.0. The minimum Gasteiger partial charge on any atom is -0.493 e. The summed E-state index contributed by atoms with van der Waals surface area (Å²) in [5.74, 6) is 0.935. The number of rotatable bonds is 8. The highest BCUT2D eigenvalue weighted by Crippen LogP contribution is 2.41. The van der Waals surface area contributed by atoms with Gasteiger partial charge in [0.2, 0.25) is 0 Å². The Labute approximate surface area is 242 Å². The van der Waals surface area contributed by atoms with Crippen LogP contribution in [-0.2, 0) is 30.5 Å². The average Bonchev–Trinajstić information content (AvgIpc) is 3.25. The fraction of sp³-hybridized carbons (Fsp3) is 0.406. The summed E-state index contributed by atoms with van der Waals surface area (Å²) in [6.45, 7) is 11.2. The minimum atomic E-state index is -2.03. The molecule has 1 amide bonds. The Morgan fingerprint density at radius 2 is 1.71 bits per heavy atom. The molecule has 0 N–H and O–H groups in total. The van der Waals surface area contributed by atoms with E-state index in [1.54, 1.807) is 19.2 Å². The SMILES string of the molecule is COc1cc2c(cc1OCc1cc(CO[Si](C)(C)C(C)(C)C)cc([N+](=O)[O-])c1)CC[C@@H]1Cc3ccccc3N1C2=O. The third kappa shape index (κ3) is 5.74. The van der Waals surface area contributed by atoms with E-state index in [1.807, 2.05) is 35.2 Å². The number of fused-ring (bicyclic) bond motifs is 4. The van der Waals surface area contributed by atoms with Crippen LogP contribution in [0.25, 0.3) is 0 Å². The summed E-state index contributed by atoms with van der Waals surface area (Å²) in [6.07, 6.45) is 2.44. The van der Waals surface area contributed by atoms with Crippen LogP contribution in [0.3, 0.4) is 0 Å². The molecule has 0 saturated heterocycles. The lowest BCUT2D eigenvalue weighted by molar-refractivity contribution is -0.385. The predicted octanol–water partition coefficient (Wildman–Crippen LogP) is 7.22. The van der Waals surface area contributed by atoms with Crippen molar-refractivity contribution in [3.63, 3.8) is 0 Å². The molecule has 0 spiro atoms. The van der Waals surface area contributed by atoms with E-state index in [4.69, 9.17) is 13.9 Å². The fourth-order valence-corrected chi connectivity index (χ4v) is 6.32. The van der Waals surface area contributed by atoms with Crippen molar-refractivity contribution in [3.05, 3.63) is 92.5 Å². The van der Waals surface area contributed by atoms with Crippen LogP contribution in [0, 0.1) is 10.1 Å². The van der Waals surface area contributed by atoms with Crippen LogP contribution in [0.1, 0.15) is 59.8 Å². The first-order valence-corrected chi connectivity index (χ1v) is 16.9. The fourth-order valence-electron chi connectivity index (χ4n) is 5.36. The lowest BCUT2D eigenvalue weighted by atomic mass is 9.99. The molecule has 0 bridgehead atoms. The van der Waals surface area contributed by atoms with Crippen LogP contribution in [0.4, 0.5) is 11.4 Å². The summed E-state index contributed by atoms with van der Waals surface area (Å²) in [4.78, 5) is 27.0. The van der Waals surface area contributed by atoms with Crippen molar-refractivity contribution in [3.8, 4) is 11.5 Å². The van der Waals surface area contributed by atoms with Gasteiger partial charge in [0.05, 0.1) is 18.6 Å². The van der Waals surface area contributed by atoms with Crippen molar-refractivity contribution >= 4 is 25.6 Å². The van der Waals surface area contributed by atoms with Gasteiger partial charge in [-0.05, 0) is 83.9 Å². The van der Waals surface area contributed by atoms with E-state index in [-0.39, 0.29) is 29.3 Å². The largest absolute Gasteiger partial charge is 0.493 e. The maximum Gasteiger partial charge on any atom is 0.270 e. The van der Waals surface area contributed by atoms with Crippen molar-refractivity contribution in [1.29, 1.82) is 0 Å². The number of hydrogen-bond donors (Lipinski definition) is 0. The molecule has 2 heterocycles. The van der Waals surface area contributed by atoms with Gasteiger partial charge in [-0.15, -0.1) is 0 Å². The maximum absolute atomic E-state index is 13.7. The van der Waals surface area contributed by atoms with Crippen LogP contribution < -0.4 is 14.4 Å². The van der Waals surface area contributed by atoms with Crippen molar-refractivity contribution in [2.45, 2.75) is 77.4 Å². The van der Waals surface area contributed by atoms with Gasteiger partial charge in [0.25, 0.3) is 11.6 Å². The molecular weight excluding hydrogens is 536 g/mol. The molecule has 0 unspecified atom stereocenters. The quantitative estimate of drug-likeness (QED) is 0.160. The van der Waals surface area contributed by atoms with E-state index in [0.717, 1.165) is 36.1 Å². The number of carbonyl (C=O) groups is 1. The number of non-ortho nitro benzene ring substituents is 1. The highest BCUT2D eigenvalue weighted by molar-refractivity contribution is 6.74. The second-order valence-electron chi connectivity index (χ2n) is 12.5. The summed E-state index contributed by atoms with van der Waals surface area (Å²) in [5.41, 5.74) is 5.12. The van der Waals surface area contributed by atoms with Gasteiger partial charge in [0.15, 0.2) is 19.8 Å². The number of methoxy groups -OCH3 is 1. The Bertz CT molecular complexity index is 1500. The third-order valence-electron chi connectivity index (χ3n) is 8.71. The summed E-state index contributed by atoms with van der Waals surface area (Å²) in [7, 11) is -0.485. The summed E-state index contributed by atoms with van der Waals surface area (Å²) < 4.78 is 18.2. The molecule has 2 aliphatic rings. The first-order chi connectivity index (χ1) is 19.4. The van der Waals surface area contributed by atoms with Crippen LogP contribution in [-0.4, -0.2) is 32.3 Å². The van der Waals surface area contributed by atoms with Crippen LogP contribution in [0.2, 0.25) is 18.1 Å². The molecule has 2 aliphatic heterocycles. The highest BCUT2D eigenvalue weighted by atomic mass is 28.4. The second kappa shape index (κ2) is 10.9. The number of benzene rings is 3. The average molecular weight is 575 g/mol. The molecule has 3 aromatic carbocycles. The zero-order valence-electron chi connectivity index (χ0n) is 24.7. The number of anilines is 1. The number of nitro groups is 1. The van der Waals surface area contributed by atoms with Crippen LogP contribution in [0.15, 0.2) is 54.6 Å². The van der Waals surface area contributed by atoms with Gasteiger partial charge in [0.1, 0.15) is 6.61 Å². The van der Waals surface area contributed by atoms with E-state index in [2.05, 4.69) is 39.9 Å². The van der Waals surface area contributed by atoms with Crippen molar-refractivity contribution in [2.75, 3.05) is 12.0 Å². The van der Waals surface area contributed by atoms with Gasteiger partial charge in [-0.1, -0.05) is 39.0 Å². The van der Waals surface area contributed by atoms with Gasteiger partial charge in [0, 0.05) is 29.4 Å². The lowest BCUT2D eigenvalue weighted by Gasteiger charge is -2.36. The first kappa shape index (κ1) is 28.8. The van der Waals surface area contributed by atoms with Gasteiger partial charge >= 0.3 is 0 Å². The number of aryl methyl sites for hydroxylation is 1. The maximum atomic E-state index is 13.7. The van der Waals surface area contributed by atoms with E-state index in [9.17, 15) is 14.9 Å². The highest BCUT2D eigenvalue weighted by Gasteiger charge is 2.38. The predicted molar refractivity (Wildman–Crippen MR) is 161 cm³/mol. The summed E-state index contributed by atoms with van der Waals surface area (Å²) in [5, 5.41) is 11.7. The number of ether oxygens (including phenoxy) is 2. The van der Waals surface area contributed by atoms with Crippen molar-refractivity contribution < 1.29 is 23.6 Å². The number of nitro benzene ring substituents is 1. The van der Waals surface area contributed by atoms with Crippen LogP contribution >= 0.6 is 0 Å². The molecule has 0 radical (unpaired) electrons. The Morgan fingerprint density at radius 3 is 2.39 bits per heavy atom. The minimum absolute atomic E-state index is 0.000271. The van der Waals surface area contributed by atoms with E-state index >= 15 is 0 Å². The molecule has 5 rings (SSSR count). The molecule has 9 heteroatoms. The zero-order valence-corrected chi connectivity index (χ0v) is 25.7. The van der Waals surface area contributed by atoms with Gasteiger partial charge in [-0.25, -0.2) is 0 Å². The molecule has 3 aromatic rings. The summed E-state index contributed by atoms with van der Waals surface area (Å²) in [6, 6.07) is 16.9. The van der Waals surface area contributed by atoms with Crippen molar-refractivity contribution in [1.82, 2.24) is 0 Å². The standard InChI is InChI=1S/C32H38N2O6Si/c1-32(2,3)41(5,6)40-20-22-13-21(14-26(15-22)34(36)37)19-39-30-17-23-11-12-25-16-24-9-7-8-10-28(24)33(25)31(35)27(23)18-29(30)38-4/h7-10,13-15,17-18,25H,11-12,16,19-20H2,1-6H3/t25-/m1/s1. The molecule has 0 fully saturated rings. The third-order valence-corrected chi connectivity index (χ3v) is 13.2. The zero-order chi connectivity index (χ0) is 29.5. The smallest absolute Gasteiger partial charge is 0.270 e. The molecule has 41 heavy (non-hydrogen) atoms. The molecule has 0 saturated carbocycles. The molecular formula is C32H38N2O6Si. The lowest BCUT2D eigenvalue weighted by Crippen LogP contribution is -2.40. The Morgan fingerprint density at radius 1 is 1.00 bits per heavy atom. The number of nitrogens with zero attached hydrogens (tertiary/aromatic N) is 2. The Balaban J connectivity index is 1.38. The number of para-hydroxylation sites is 1. The van der Waals surface area contributed by atoms with E-state index in [0.29, 0.717) is 29.2 Å². The molecule has 8 nitrogen and oxygen atoms in total. The number of amides is 1. The molecule has 0 aliphatic carbocycles. The van der Waals surface area contributed by atoms with Crippen LogP contribution in [0.5, 0.6) is 11.5 Å². The molecule has 216 valence electrons. The monoisotopic (exact) mass is 574 g/mol. The second-order valence-corrected chi connectivity index (χ2v) is 17.3. The van der Waals surface area contributed by atoms with Gasteiger partial charge in [-0.3, -0.25) is 14.9 Å². The van der Waals surface area contributed by atoms with Gasteiger partial charge in [-0.2, -0.15) is 0 Å². The van der Waals surface area contributed by atoms with E-state index < -0.39 is 13.2 Å². The topological polar surface area (TPSA) is 91.1 Å². The molecule has 1 atom stereocenters. The number of hydrogen-bond acceptors (Lipinski definition) is 6. The van der Waals surface area contributed by atoms with Gasteiger partial charge < -0.3 is 18.8 Å². The summed E-state index contributed by atoms with van der Waals surface area (Å²) >= 11 is 0. The Hall–Kier alpha value is -3.69. The van der Waals surface area contributed by atoms with Crippen molar-refractivity contribution in [2.24, 2.45) is 0 Å². The number of carbonyl (C=O) groups excluding carboxylic acids is 1. The normalized spacial score (nSPS) is 16.5. The Kier molecular flexibility index (Phi) is 7.69. The van der Waals surface area contributed by atoms with E-state index in [1.165, 1.54) is 11.6 Å².